The summed E-state index contributed by atoms with van der Waals surface area (Å²) in [5.41, 5.74) is 2.79. The van der Waals surface area contributed by atoms with Crippen LogP contribution in [-0.2, 0) is 22.7 Å². The van der Waals surface area contributed by atoms with E-state index < -0.39 is 0 Å². The molecule has 3 aromatic carbocycles. The molecule has 1 aliphatic rings. The molecular weight excluding hydrogens is 480 g/mol. The summed E-state index contributed by atoms with van der Waals surface area (Å²) in [7, 11) is 1.53. The number of rotatable bonds is 9. The fraction of sp³-hybridized carbons (Fsp3) is 0.148. The van der Waals surface area contributed by atoms with Crippen LogP contribution in [0.2, 0.25) is 0 Å². The minimum absolute atomic E-state index is 0.127. The Kier molecular flexibility index (Phi) is 8.18. The first-order chi connectivity index (χ1) is 17.0. The predicted molar refractivity (Wildman–Crippen MR) is 142 cm³/mol. The molecule has 1 aliphatic heterocycles. The van der Waals surface area contributed by atoms with Gasteiger partial charge in [0.15, 0.2) is 18.1 Å². The van der Waals surface area contributed by atoms with Gasteiger partial charge in [0.25, 0.3) is 11.8 Å². The molecule has 0 spiro atoms. The van der Waals surface area contributed by atoms with Crippen LogP contribution in [-0.4, -0.2) is 34.8 Å². The molecular formula is C27H24N2O4S2. The van der Waals surface area contributed by atoms with Crippen molar-refractivity contribution in [3.05, 3.63) is 100 Å². The molecule has 0 aliphatic carbocycles. The van der Waals surface area contributed by atoms with E-state index in [4.69, 9.17) is 21.7 Å². The Hall–Kier alpha value is -3.62. The van der Waals surface area contributed by atoms with Crippen molar-refractivity contribution >= 4 is 46.2 Å². The maximum atomic E-state index is 12.9. The number of benzene rings is 3. The van der Waals surface area contributed by atoms with Crippen molar-refractivity contribution in [3.63, 3.8) is 0 Å². The molecule has 4 rings (SSSR count). The standard InChI is InChI=1S/C27H24N2O4S2/c1-32-23-14-21(12-13-22(23)33-18-25(30)28-16-19-8-4-2-5-9-19)15-24-26(31)29(27(34)35-24)17-20-10-6-3-7-11-20/h2-15H,16-18H2,1H3,(H,28,30)/b24-15-. The summed E-state index contributed by atoms with van der Waals surface area (Å²) in [4.78, 5) is 27.3. The molecule has 0 unspecified atom stereocenters. The van der Waals surface area contributed by atoms with Crippen molar-refractivity contribution < 1.29 is 19.1 Å². The maximum absolute atomic E-state index is 12.9. The van der Waals surface area contributed by atoms with Gasteiger partial charge in [-0.05, 0) is 34.9 Å². The second-order valence-electron chi connectivity index (χ2n) is 7.71. The largest absolute Gasteiger partial charge is 0.493 e. The number of hydrogen-bond donors (Lipinski definition) is 1. The number of nitrogens with zero attached hydrogens (tertiary/aromatic N) is 1. The highest BCUT2D eigenvalue weighted by Crippen LogP contribution is 2.35. The van der Waals surface area contributed by atoms with E-state index in [2.05, 4.69) is 5.32 Å². The lowest BCUT2D eigenvalue weighted by Crippen LogP contribution is -2.28. The number of ether oxygens (including phenoxy) is 2. The van der Waals surface area contributed by atoms with Gasteiger partial charge >= 0.3 is 0 Å². The number of hydrogen-bond acceptors (Lipinski definition) is 6. The fourth-order valence-corrected chi connectivity index (χ4v) is 4.69. The van der Waals surface area contributed by atoms with Crippen molar-refractivity contribution in [2.24, 2.45) is 0 Å². The maximum Gasteiger partial charge on any atom is 0.266 e. The van der Waals surface area contributed by atoms with Crippen LogP contribution in [0.1, 0.15) is 16.7 Å². The lowest BCUT2D eigenvalue weighted by molar-refractivity contribution is -0.123. The number of thiocarbonyl (C=S) groups is 1. The zero-order chi connectivity index (χ0) is 24.6. The van der Waals surface area contributed by atoms with Gasteiger partial charge in [0.1, 0.15) is 4.32 Å². The molecule has 1 N–H and O–H groups in total. The van der Waals surface area contributed by atoms with Crippen LogP contribution in [0.15, 0.2) is 83.8 Å². The van der Waals surface area contributed by atoms with Crippen molar-refractivity contribution in [1.82, 2.24) is 10.2 Å². The minimum atomic E-state index is -0.234. The molecule has 1 heterocycles. The quantitative estimate of drug-likeness (QED) is 0.334. The Morgan fingerprint density at radius 2 is 1.69 bits per heavy atom. The summed E-state index contributed by atoms with van der Waals surface area (Å²) in [5.74, 6) is 0.547. The number of carbonyl (C=O) groups excluding carboxylic acids is 2. The summed E-state index contributed by atoms with van der Waals surface area (Å²) in [5, 5.41) is 2.83. The monoisotopic (exact) mass is 504 g/mol. The zero-order valence-electron chi connectivity index (χ0n) is 19.1. The van der Waals surface area contributed by atoms with Crippen molar-refractivity contribution in [2.45, 2.75) is 13.1 Å². The van der Waals surface area contributed by atoms with Gasteiger partial charge in [-0.1, -0.05) is 90.7 Å². The van der Waals surface area contributed by atoms with Gasteiger partial charge in [-0.15, -0.1) is 0 Å². The number of thioether (sulfide) groups is 1. The third-order valence-corrected chi connectivity index (χ3v) is 6.61. The lowest BCUT2D eigenvalue weighted by atomic mass is 10.1. The van der Waals surface area contributed by atoms with E-state index in [9.17, 15) is 9.59 Å². The van der Waals surface area contributed by atoms with Crippen molar-refractivity contribution in [2.75, 3.05) is 13.7 Å². The molecule has 2 amide bonds. The molecule has 0 radical (unpaired) electrons. The van der Waals surface area contributed by atoms with Crippen LogP contribution in [0.25, 0.3) is 6.08 Å². The fourth-order valence-electron chi connectivity index (χ4n) is 3.44. The van der Waals surface area contributed by atoms with Gasteiger partial charge in [-0.2, -0.15) is 0 Å². The molecule has 0 atom stereocenters. The SMILES string of the molecule is COc1cc(/C=C2\SC(=S)N(Cc3ccccc3)C2=O)ccc1OCC(=O)NCc1ccccc1. The molecule has 0 aromatic heterocycles. The van der Waals surface area contributed by atoms with Gasteiger partial charge in [-0.3, -0.25) is 14.5 Å². The average molecular weight is 505 g/mol. The third kappa shape index (κ3) is 6.49. The first-order valence-corrected chi connectivity index (χ1v) is 12.2. The summed E-state index contributed by atoms with van der Waals surface area (Å²) in [6.07, 6.45) is 1.78. The van der Waals surface area contributed by atoms with Gasteiger partial charge in [-0.25, -0.2) is 0 Å². The predicted octanol–water partition coefficient (Wildman–Crippen LogP) is 4.79. The highest BCUT2D eigenvalue weighted by Gasteiger charge is 2.32. The molecule has 178 valence electrons. The second-order valence-corrected chi connectivity index (χ2v) is 9.39. The van der Waals surface area contributed by atoms with Crippen molar-refractivity contribution in [3.8, 4) is 11.5 Å². The van der Waals surface area contributed by atoms with Gasteiger partial charge in [0, 0.05) is 6.54 Å². The van der Waals surface area contributed by atoms with Gasteiger partial charge < -0.3 is 14.8 Å². The van der Waals surface area contributed by atoms with Gasteiger partial charge in [0.05, 0.1) is 18.6 Å². The van der Waals surface area contributed by atoms with Crippen molar-refractivity contribution in [1.29, 1.82) is 0 Å². The first kappa shape index (κ1) is 24.5. The Balaban J connectivity index is 1.38. The zero-order valence-corrected chi connectivity index (χ0v) is 20.7. The highest BCUT2D eigenvalue weighted by atomic mass is 32.2. The normalized spacial score (nSPS) is 14.3. The number of methoxy groups -OCH3 is 1. The van der Waals surface area contributed by atoms with Crippen LogP contribution in [0.3, 0.4) is 0 Å². The number of carbonyl (C=O) groups is 2. The minimum Gasteiger partial charge on any atom is -0.493 e. The second kappa shape index (κ2) is 11.7. The van der Waals surface area contributed by atoms with Crippen LogP contribution >= 0.6 is 24.0 Å². The van der Waals surface area contributed by atoms with Gasteiger partial charge in [0.2, 0.25) is 0 Å². The molecule has 1 saturated heterocycles. The Labute approximate surface area is 213 Å². The Morgan fingerprint density at radius 3 is 2.37 bits per heavy atom. The summed E-state index contributed by atoms with van der Waals surface area (Å²) >= 11 is 6.71. The molecule has 8 heteroatoms. The highest BCUT2D eigenvalue weighted by molar-refractivity contribution is 8.26. The Morgan fingerprint density at radius 1 is 1.00 bits per heavy atom. The molecule has 1 fully saturated rings. The van der Waals surface area contributed by atoms with E-state index in [0.29, 0.717) is 33.8 Å². The van der Waals surface area contributed by atoms with Crippen LogP contribution < -0.4 is 14.8 Å². The van der Waals surface area contributed by atoms with E-state index in [1.807, 2.05) is 66.7 Å². The molecule has 35 heavy (non-hydrogen) atoms. The smallest absolute Gasteiger partial charge is 0.266 e. The average Bonchev–Trinajstić information content (AvgIpc) is 3.15. The Bertz CT molecular complexity index is 1250. The van der Waals surface area contributed by atoms with E-state index in [0.717, 1.165) is 16.7 Å². The van der Waals surface area contributed by atoms with E-state index >= 15 is 0 Å². The van der Waals surface area contributed by atoms with E-state index in [1.165, 1.54) is 18.9 Å². The third-order valence-electron chi connectivity index (χ3n) is 5.23. The topological polar surface area (TPSA) is 67.9 Å². The van der Waals surface area contributed by atoms with Crippen LogP contribution in [0.4, 0.5) is 0 Å². The van der Waals surface area contributed by atoms with Crippen LogP contribution in [0.5, 0.6) is 11.5 Å². The number of nitrogens with one attached hydrogen (secondary N) is 1. The van der Waals surface area contributed by atoms with E-state index in [1.54, 1.807) is 23.1 Å². The summed E-state index contributed by atoms with van der Waals surface area (Å²) in [6.45, 7) is 0.730. The van der Waals surface area contributed by atoms with E-state index in [-0.39, 0.29) is 18.4 Å². The molecule has 3 aromatic rings. The molecule has 0 bridgehead atoms. The summed E-state index contributed by atoms with van der Waals surface area (Å²) < 4.78 is 11.6. The molecule has 0 saturated carbocycles. The number of amides is 2. The molecule has 6 nitrogen and oxygen atoms in total. The lowest BCUT2D eigenvalue weighted by Gasteiger charge is -2.14. The first-order valence-electron chi connectivity index (χ1n) is 10.9. The summed E-state index contributed by atoms with van der Waals surface area (Å²) in [6, 6.07) is 24.7. The van der Waals surface area contributed by atoms with Crippen LogP contribution in [0, 0.1) is 0 Å².